The minimum absolute atomic E-state index is 0.204. The van der Waals surface area contributed by atoms with Gasteiger partial charge in [0, 0.05) is 18.5 Å². The summed E-state index contributed by atoms with van der Waals surface area (Å²) in [5, 5.41) is 2.19. The summed E-state index contributed by atoms with van der Waals surface area (Å²) in [6.45, 7) is 5.45. The highest BCUT2D eigenvalue weighted by molar-refractivity contribution is 7.11. The molecule has 0 bridgehead atoms. The third kappa shape index (κ3) is 5.66. The van der Waals surface area contributed by atoms with Crippen LogP contribution in [0.5, 0.6) is 0 Å². The van der Waals surface area contributed by atoms with Gasteiger partial charge in [-0.25, -0.2) is 9.78 Å². The van der Waals surface area contributed by atoms with Crippen LogP contribution >= 0.6 is 11.3 Å². The number of hydrogen-bond acceptors (Lipinski definition) is 7. The number of nitrogens with zero attached hydrogens (tertiary/aromatic N) is 2. The maximum absolute atomic E-state index is 11.5. The molecule has 1 aromatic heterocycles. The topological polar surface area (TPSA) is 68.7 Å². The van der Waals surface area contributed by atoms with Crippen molar-refractivity contribution < 1.29 is 19.1 Å². The van der Waals surface area contributed by atoms with E-state index < -0.39 is 5.97 Å². The highest BCUT2D eigenvalue weighted by Gasteiger charge is 2.13. The second-order valence-corrected chi connectivity index (χ2v) is 5.02. The van der Waals surface area contributed by atoms with Crippen molar-refractivity contribution in [1.82, 2.24) is 9.88 Å². The van der Waals surface area contributed by atoms with Gasteiger partial charge in [0.2, 0.25) is 5.01 Å². The van der Waals surface area contributed by atoms with Crippen molar-refractivity contribution in [3.05, 3.63) is 16.1 Å². The average molecular weight is 300 g/mol. The molecule has 0 radical (unpaired) electrons. The summed E-state index contributed by atoms with van der Waals surface area (Å²) in [6, 6.07) is 0. The molecule has 0 atom stereocenters. The fourth-order valence-electron chi connectivity index (χ4n) is 1.54. The Morgan fingerprint density at radius 3 is 2.65 bits per heavy atom. The zero-order chi connectivity index (χ0) is 15.0. The van der Waals surface area contributed by atoms with Gasteiger partial charge in [-0.2, -0.15) is 0 Å². The van der Waals surface area contributed by atoms with Gasteiger partial charge >= 0.3 is 11.9 Å². The predicted molar refractivity (Wildman–Crippen MR) is 75.7 cm³/mol. The third-order valence-electron chi connectivity index (χ3n) is 2.44. The normalized spacial score (nSPS) is 10.6. The van der Waals surface area contributed by atoms with Crippen molar-refractivity contribution in [2.45, 2.75) is 26.8 Å². The van der Waals surface area contributed by atoms with Crippen LogP contribution in [0.2, 0.25) is 0 Å². The van der Waals surface area contributed by atoms with E-state index in [1.54, 1.807) is 13.8 Å². The van der Waals surface area contributed by atoms with Gasteiger partial charge in [-0.15, -0.1) is 11.3 Å². The van der Waals surface area contributed by atoms with Crippen molar-refractivity contribution in [3.63, 3.8) is 0 Å². The fraction of sp³-hybridized carbons (Fsp3) is 0.615. The molecule has 0 aliphatic carbocycles. The lowest BCUT2D eigenvalue weighted by Crippen LogP contribution is -2.22. The van der Waals surface area contributed by atoms with Crippen LogP contribution in [-0.4, -0.2) is 48.6 Å². The lowest BCUT2D eigenvalue weighted by atomic mass is 10.3. The lowest BCUT2D eigenvalue weighted by Gasteiger charge is -2.14. The Hall–Kier alpha value is -1.47. The van der Waals surface area contributed by atoms with Gasteiger partial charge < -0.3 is 9.47 Å². The van der Waals surface area contributed by atoms with E-state index in [-0.39, 0.29) is 5.97 Å². The molecule has 0 saturated carbocycles. The summed E-state index contributed by atoms with van der Waals surface area (Å²) in [5.41, 5.74) is 0.796. The number of esters is 2. The highest BCUT2D eigenvalue weighted by atomic mass is 32.1. The number of aromatic nitrogens is 1. The van der Waals surface area contributed by atoms with Gasteiger partial charge in [-0.05, 0) is 20.9 Å². The molecular weight excluding hydrogens is 280 g/mol. The fourth-order valence-corrected chi connectivity index (χ4v) is 2.24. The Balaban J connectivity index is 2.40. The molecule has 20 heavy (non-hydrogen) atoms. The van der Waals surface area contributed by atoms with Crippen molar-refractivity contribution in [2.75, 3.05) is 26.8 Å². The maximum atomic E-state index is 11.5. The van der Waals surface area contributed by atoms with E-state index in [4.69, 9.17) is 9.47 Å². The van der Waals surface area contributed by atoms with E-state index >= 15 is 0 Å². The summed E-state index contributed by atoms with van der Waals surface area (Å²) in [6.07, 6.45) is 0.346. The van der Waals surface area contributed by atoms with Gasteiger partial charge in [-0.1, -0.05) is 0 Å². The Bertz CT molecular complexity index is 447. The summed E-state index contributed by atoms with van der Waals surface area (Å²) in [4.78, 5) is 28.9. The summed E-state index contributed by atoms with van der Waals surface area (Å²) < 4.78 is 9.75. The molecule has 0 aliphatic heterocycles. The van der Waals surface area contributed by atoms with Crippen LogP contribution < -0.4 is 0 Å². The Morgan fingerprint density at radius 2 is 2.00 bits per heavy atom. The zero-order valence-corrected chi connectivity index (χ0v) is 12.9. The Labute approximate surface area is 122 Å². The smallest absolute Gasteiger partial charge is 0.367 e. The molecule has 6 nitrogen and oxygen atoms in total. The first-order chi connectivity index (χ1) is 9.56. The highest BCUT2D eigenvalue weighted by Crippen LogP contribution is 2.12. The van der Waals surface area contributed by atoms with Crippen LogP contribution in [-0.2, 0) is 20.8 Å². The van der Waals surface area contributed by atoms with E-state index in [0.717, 1.165) is 5.69 Å². The molecule has 0 aromatic carbocycles. The van der Waals surface area contributed by atoms with Gasteiger partial charge in [0.15, 0.2) is 0 Å². The Kier molecular flexibility index (Phi) is 7.17. The van der Waals surface area contributed by atoms with E-state index in [2.05, 4.69) is 4.98 Å². The summed E-state index contributed by atoms with van der Waals surface area (Å²) >= 11 is 1.27. The molecule has 0 fully saturated rings. The van der Waals surface area contributed by atoms with Crippen molar-refractivity contribution >= 4 is 23.3 Å². The number of thiazole rings is 1. The van der Waals surface area contributed by atoms with Gasteiger partial charge in [0.1, 0.15) is 0 Å². The van der Waals surface area contributed by atoms with Crippen molar-refractivity contribution in [3.8, 4) is 0 Å². The molecule has 0 aliphatic rings. The first-order valence-electron chi connectivity index (χ1n) is 6.52. The quantitative estimate of drug-likeness (QED) is 0.681. The molecule has 1 aromatic rings. The number of rotatable bonds is 8. The molecule has 0 amide bonds. The molecule has 0 N–H and O–H groups in total. The van der Waals surface area contributed by atoms with E-state index in [9.17, 15) is 9.59 Å². The first-order valence-corrected chi connectivity index (χ1v) is 7.40. The van der Waals surface area contributed by atoms with Crippen LogP contribution in [0.25, 0.3) is 0 Å². The molecule has 7 heteroatoms. The van der Waals surface area contributed by atoms with E-state index in [0.29, 0.717) is 37.7 Å². The second-order valence-electron chi connectivity index (χ2n) is 4.16. The summed E-state index contributed by atoms with van der Waals surface area (Å²) in [7, 11) is 1.89. The van der Waals surface area contributed by atoms with E-state index in [1.807, 2.05) is 17.3 Å². The minimum Gasteiger partial charge on any atom is -0.466 e. The molecule has 1 heterocycles. The van der Waals surface area contributed by atoms with Gasteiger partial charge in [0.25, 0.3) is 0 Å². The van der Waals surface area contributed by atoms with Crippen LogP contribution in [0.3, 0.4) is 0 Å². The zero-order valence-electron chi connectivity index (χ0n) is 12.0. The van der Waals surface area contributed by atoms with Crippen LogP contribution in [0, 0.1) is 0 Å². The van der Waals surface area contributed by atoms with E-state index in [1.165, 1.54) is 11.3 Å². The second kappa shape index (κ2) is 8.65. The minimum atomic E-state index is -0.391. The van der Waals surface area contributed by atoms with Crippen molar-refractivity contribution in [2.24, 2.45) is 0 Å². The van der Waals surface area contributed by atoms with Gasteiger partial charge in [0.05, 0.1) is 25.3 Å². The molecule has 0 spiro atoms. The molecule has 1 rings (SSSR count). The van der Waals surface area contributed by atoms with Crippen LogP contribution in [0.1, 0.15) is 35.8 Å². The monoisotopic (exact) mass is 300 g/mol. The van der Waals surface area contributed by atoms with Crippen molar-refractivity contribution in [1.29, 1.82) is 0 Å². The molecule has 0 saturated heterocycles. The maximum Gasteiger partial charge on any atom is 0.367 e. The molecular formula is C13H20N2O4S. The Morgan fingerprint density at radius 1 is 1.30 bits per heavy atom. The first kappa shape index (κ1) is 16.6. The number of carbonyl (C=O) groups excluding carboxylic acids is 2. The largest absolute Gasteiger partial charge is 0.466 e. The standard InChI is InChI=1S/C13H20N2O4S/c1-4-18-11(16)6-7-15(3)8-10-9-20-12(14-10)13(17)19-5-2/h9H,4-8H2,1-3H3. The SMILES string of the molecule is CCOC(=O)CCN(C)Cc1csc(C(=O)OCC)n1. The predicted octanol–water partition coefficient (Wildman–Crippen LogP) is 1.70. The number of ether oxygens (including phenoxy) is 2. The lowest BCUT2D eigenvalue weighted by molar-refractivity contribution is -0.143. The van der Waals surface area contributed by atoms with Crippen LogP contribution in [0.15, 0.2) is 5.38 Å². The molecule has 112 valence electrons. The average Bonchev–Trinajstić information content (AvgIpc) is 2.85. The third-order valence-corrected chi connectivity index (χ3v) is 3.31. The molecule has 0 unspecified atom stereocenters. The number of carbonyl (C=O) groups is 2. The van der Waals surface area contributed by atoms with Crippen LogP contribution in [0.4, 0.5) is 0 Å². The summed E-state index contributed by atoms with van der Waals surface area (Å²) in [5.74, 6) is -0.595. The number of hydrogen-bond donors (Lipinski definition) is 0. The van der Waals surface area contributed by atoms with Gasteiger partial charge in [-0.3, -0.25) is 9.69 Å².